The minimum Gasteiger partial charge on any atom is -0.355 e. The van der Waals surface area contributed by atoms with Crippen molar-refractivity contribution in [3.63, 3.8) is 0 Å². The van der Waals surface area contributed by atoms with Crippen LogP contribution in [0.25, 0.3) is 0 Å². The fourth-order valence-corrected chi connectivity index (χ4v) is 2.70. The number of rotatable bonds is 1. The van der Waals surface area contributed by atoms with Gasteiger partial charge in [0.2, 0.25) is 5.91 Å². The average molecular weight is 241 g/mol. The molecule has 2 rings (SSSR count). The number of nitrogens with zero attached hydrogens (tertiary/aromatic N) is 2. The fourth-order valence-electron chi connectivity index (χ4n) is 2.70. The van der Waals surface area contributed by atoms with E-state index in [1.165, 1.54) is 0 Å². The van der Waals surface area contributed by atoms with Gasteiger partial charge in [-0.15, -0.1) is 0 Å². The number of amides is 1. The lowest BCUT2D eigenvalue weighted by atomic mass is 10.1. The molecule has 0 aliphatic carbocycles. The Hall–Kier alpha value is -0.650. The first-order valence-corrected chi connectivity index (χ1v) is 6.40. The van der Waals surface area contributed by atoms with Gasteiger partial charge in [0.15, 0.2) is 0 Å². The van der Waals surface area contributed by atoms with Crippen LogP contribution in [0.4, 0.5) is 0 Å². The number of carbonyl (C=O) groups excluding carboxylic acids is 1. The summed E-state index contributed by atoms with van der Waals surface area (Å²) in [6, 6.07) is 0. The van der Waals surface area contributed by atoms with Crippen molar-refractivity contribution in [3.05, 3.63) is 0 Å². The zero-order valence-electron chi connectivity index (χ0n) is 11.0. The molecule has 2 saturated heterocycles. The molecule has 2 aliphatic rings. The number of piperazine rings is 1. The van der Waals surface area contributed by atoms with Crippen LogP contribution in [0.1, 0.15) is 20.8 Å². The van der Waals surface area contributed by atoms with Gasteiger partial charge in [-0.05, 0) is 13.8 Å². The van der Waals surface area contributed by atoms with Crippen molar-refractivity contribution < 1.29 is 9.53 Å². The van der Waals surface area contributed by atoms with Gasteiger partial charge in [0.25, 0.3) is 0 Å². The van der Waals surface area contributed by atoms with Gasteiger partial charge in [0.1, 0.15) is 5.72 Å². The van der Waals surface area contributed by atoms with E-state index in [9.17, 15) is 4.79 Å². The smallest absolute Gasteiger partial charge is 0.219 e. The van der Waals surface area contributed by atoms with Crippen molar-refractivity contribution in [2.75, 3.05) is 39.3 Å². The van der Waals surface area contributed by atoms with E-state index in [4.69, 9.17) is 4.74 Å². The molecule has 5 nitrogen and oxygen atoms in total. The van der Waals surface area contributed by atoms with E-state index < -0.39 is 0 Å². The summed E-state index contributed by atoms with van der Waals surface area (Å²) in [4.78, 5) is 15.5. The largest absolute Gasteiger partial charge is 0.355 e. The van der Waals surface area contributed by atoms with Gasteiger partial charge in [-0.1, -0.05) is 0 Å². The molecule has 1 amide bonds. The van der Waals surface area contributed by atoms with Gasteiger partial charge in [-0.25, -0.2) is 0 Å². The topological polar surface area (TPSA) is 44.8 Å². The summed E-state index contributed by atoms with van der Waals surface area (Å²) in [5.41, 5.74) is -0.222. The highest BCUT2D eigenvalue weighted by molar-refractivity contribution is 5.73. The normalized spacial score (nSPS) is 35.9. The zero-order valence-corrected chi connectivity index (χ0v) is 11.0. The number of morpholine rings is 1. The van der Waals surface area contributed by atoms with Crippen LogP contribution in [-0.4, -0.2) is 66.8 Å². The standard InChI is InChI=1S/C12H23N3O2/c1-10-8-13-9-12(3,17-10)15-6-4-14(5-7-15)11(2)16/h10,13H,4-9H2,1-3H3. The second-order valence-electron chi connectivity index (χ2n) is 5.23. The molecule has 98 valence electrons. The highest BCUT2D eigenvalue weighted by Crippen LogP contribution is 2.22. The molecule has 0 saturated carbocycles. The zero-order chi connectivity index (χ0) is 12.5. The molecule has 0 spiro atoms. The lowest BCUT2D eigenvalue weighted by Crippen LogP contribution is -2.64. The van der Waals surface area contributed by atoms with Crippen molar-refractivity contribution in [2.24, 2.45) is 0 Å². The first-order chi connectivity index (χ1) is 8.01. The summed E-state index contributed by atoms with van der Waals surface area (Å²) < 4.78 is 6.07. The lowest BCUT2D eigenvalue weighted by Gasteiger charge is -2.48. The van der Waals surface area contributed by atoms with Crippen molar-refractivity contribution in [1.29, 1.82) is 0 Å². The molecule has 17 heavy (non-hydrogen) atoms. The third-order valence-corrected chi connectivity index (χ3v) is 3.73. The quantitative estimate of drug-likeness (QED) is 0.695. The fraction of sp³-hybridized carbons (Fsp3) is 0.917. The molecule has 0 bridgehead atoms. The summed E-state index contributed by atoms with van der Waals surface area (Å²) in [6.45, 7) is 11.0. The molecule has 2 heterocycles. The Kier molecular flexibility index (Phi) is 3.70. The van der Waals surface area contributed by atoms with Crippen molar-refractivity contribution in [1.82, 2.24) is 15.1 Å². The van der Waals surface area contributed by atoms with Crippen LogP contribution in [0, 0.1) is 0 Å². The van der Waals surface area contributed by atoms with Crippen LogP contribution in [0.2, 0.25) is 0 Å². The first kappa shape index (κ1) is 12.8. The van der Waals surface area contributed by atoms with E-state index in [1.807, 2.05) is 4.90 Å². The highest BCUT2D eigenvalue weighted by Gasteiger charge is 2.38. The maximum atomic E-state index is 11.3. The Bertz CT molecular complexity index is 289. The number of hydrogen-bond donors (Lipinski definition) is 1. The molecule has 0 aromatic rings. The Balaban J connectivity index is 1.93. The third kappa shape index (κ3) is 2.78. The van der Waals surface area contributed by atoms with E-state index in [0.29, 0.717) is 0 Å². The van der Waals surface area contributed by atoms with Crippen LogP contribution in [0.15, 0.2) is 0 Å². The van der Waals surface area contributed by atoms with Gasteiger partial charge >= 0.3 is 0 Å². The molecule has 2 fully saturated rings. The van der Waals surface area contributed by atoms with Gasteiger partial charge in [-0.2, -0.15) is 0 Å². The summed E-state index contributed by atoms with van der Waals surface area (Å²) in [5.74, 6) is 0.172. The SMILES string of the molecule is CC(=O)N1CCN(C2(C)CNCC(C)O2)CC1. The molecular formula is C12H23N3O2. The molecule has 5 heteroatoms. The lowest BCUT2D eigenvalue weighted by molar-refractivity contribution is -0.195. The van der Waals surface area contributed by atoms with Crippen LogP contribution in [0.5, 0.6) is 0 Å². The summed E-state index contributed by atoms with van der Waals surface area (Å²) in [5, 5.41) is 3.41. The second-order valence-corrected chi connectivity index (χ2v) is 5.23. The summed E-state index contributed by atoms with van der Waals surface area (Å²) in [6.07, 6.45) is 0.250. The molecule has 2 atom stereocenters. The molecule has 1 N–H and O–H groups in total. The van der Waals surface area contributed by atoms with Gasteiger partial charge in [-0.3, -0.25) is 9.69 Å². The minimum absolute atomic E-state index is 0.172. The number of hydrogen-bond acceptors (Lipinski definition) is 4. The van der Waals surface area contributed by atoms with Crippen molar-refractivity contribution in [2.45, 2.75) is 32.6 Å². The Morgan fingerprint density at radius 1 is 1.35 bits per heavy atom. The van der Waals surface area contributed by atoms with Crippen LogP contribution in [0.3, 0.4) is 0 Å². The maximum absolute atomic E-state index is 11.3. The van der Waals surface area contributed by atoms with E-state index in [1.54, 1.807) is 6.92 Å². The number of nitrogens with one attached hydrogen (secondary N) is 1. The minimum atomic E-state index is -0.222. The molecule has 0 aromatic heterocycles. The highest BCUT2D eigenvalue weighted by atomic mass is 16.5. The molecule has 0 aromatic carbocycles. The van der Waals surface area contributed by atoms with E-state index >= 15 is 0 Å². The Morgan fingerprint density at radius 2 is 2.00 bits per heavy atom. The van der Waals surface area contributed by atoms with E-state index in [2.05, 4.69) is 24.1 Å². The predicted octanol–water partition coefficient (Wildman–Crippen LogP) is -0.125. The van der Waals surface area contributed by atoms with Gasteiger partial charge in [0.05, 0.1) is 6.10 Å². The summed E-state index contributed by atoms with van der Waals surface area (Å²) in [7, 11) is 0. The van der Waals surface area contributed by atoms with Gasteiger partial charge in [0, 0.05) is 46.2 Å². The second kappa shape index (κ2) is 4.92. The van der Waals surface area contributed by atoms with Crippen LogP contribution >= 0.6 is 0 Å². The predicted molar refractivity (Wildman–Crippen MR) is 65.6 cm³/mol. The van der Waals surface area contributed by atoms with Gasteiger partial charge < -0.3 is 15.0 Å². The third-order valence-electron chi connectivity index (χ3n) is 3.73. The van der Waals surface area contributed by atoms with E-state index in [0.717, 1.165) is 39.3 Å². The first-order valence-electron chi connectivity index (χ1n) is 6.40. The molecular weight excluding hydrogens is 218 g/mol. The van der Waals surface area contributed by atoms with Crippen molar-refractivity contribution in [3.8, 4) is 0 Å². The average Bonchev–Trinajstić information content (AvgIpc) is 2.29. The van der Waals surface area contributed by atoms with Crippen LogP contribution in [-0.2, 0) is 9.53 Å². The van der Waals surface area contributed by atoms with Crippen molar-refractivity contribution >= 4 is 5.91 Å². The van der Waals surface area contributed by atoms with E-state index in [-0.39, 0.29) is 17.7 Å². The molecule has 2 aliphatic heterocycles. The number of ether oxygens (including phenoxy) is 1. The molecule has 0 radical (unpaired) electrons. The maximum Gasteiger partial charge on any atom is 0.219 e. The number of carbonyl (C=O) groups is 1. The monoisotopic (exact) mass is 241 g/mol. The Labute approximate surface area is 103 Å². The summed E-state index contributed by atoms with van der Waals surface area (Å²) >= 11 is 0. The Morgan fingerprint density at radius 3 is 2.53 bits per heavy atom. The molecule has 2 unspecified atom stereocenters. The van der Waals surface area contributed by atoms with Crippen LogP contribution < -0.4 is 5.32 Å².